The van der Waals surface area contributed by atoms with Crippen molar-refractivity contribution in [3.63, 3.8) is 0 Å². The molecule has 0 amide bonds. The van der Waals surface area contributed by atoms with Gasteiger partial charge in [0.2, 0.25) is 7.29 Å². The fourth-order valence-corrected chi connectivity index (χ4v) is 6.28. The summed E-state index contributed by atoms with van der Waals surface area (Å²) in [6.45, 7) is 2.13. The van der Waals surface area contributed by atoms with Crippen LogP contribution in [0.2, 0.25) is 0 Å². The average Bonchev–Trinajstić information content (AvgIpc) is 2.84. The van der Waals surface area contributed by atoms with Crippen LogP contribution in [0.5, 0.6) is 0 Å². The molecule has 0 aromatic heterocycles. The molecule has 0 radical (unpaired) electrons. The van der Waals surface area contributed by atoms with Crippen molar-refractivity contribution in [1.29, 1.82) is 0 Å². The highest BCUT2D eigenvalue weighted by molar-refractivity contribution is 7.76. The topological polar surface area (TPSA) is 29.1 Å². The van der Waals surface area contributed by atoms with Gasteiger partial charge in [-0.3, -0.25) is 9.65 Å². The van der Waals surface area contributed by atoms with Gasteiger partial charge in [-0.05, 0) is 47.4 Å². The Morgan fingerprint density at radius 1 is 0.633 bits per heavy atom. The first kappa shape index (κ1) is 20.3. The molecule has 0 aliphatic rings. The van der Waals surface area contributed by atoms with Gasteiger partial charge in [0.25, 0.3) is 0 Å². The maximum atomic E-state index is 14.3. The molecule has 30 heavy (non-hydrogen) atoms. The molecule has 0 unspecified atom stereocenters. The fraction of sp³-hybridized carbons (Fsp3) is 0.111. The molecule has 0 fully saturated rings. The summed E-state index contributed by atoms with van der Waals surface area (Å²) in [6, 6.07) is 38.4. The van der Waals surface area contributed by atoms with Crippen LogP contribution in [0.25, 0.3) is 11.1 Å². The lowest BCUT2D eigenvalue weighted by atomic mass is 10.0. The van der Waals surface area contributed by atoms with Crippen LogP contribution in [0, 0.1) is 0 Å². The van der Waals surface area contributed by atoms with Crippen molar-refractivity contribution < 1.29 is 4.57 Å². The van der Waals surface area contributed by atoms with Crippen molar-refractivity contribution in [1.82, 2.24) is 5.09 Å². The smallest absolute Gasteiger partial charge is 0.205 e. The number of rotatable bonds is 7. The number of hydrogen-bond acceptors (Lipinski definition) is 1. The summed E-state index contributed by atoms with van der Waals surface area (Å²) in [7, 11) is -2.98. The maximum absolute atomic E-state index is 14.3. The summed E-state index contributed by atoms with van der Waals surface area (Å²) in [5.74, 6) is 0. The Morgan fingerprint density at radius 3 is 1.53 bits per heavy atom. The molecule has 3 heteroatoms. The Hall–Kier alpha value is -2.93. The summed E-state index contributed by atoms with van der Waals surface area (Å²) in [5, 5.41) is 5.20. The molecule has 0 aliphatic heterocycles. The van der Waals surface area contributed by atoms with Crippen LogP contribution in [0.3, 0.4) is 0 Å². The van der Waals surface area contributed by atoms with E-state index in [1.807, 2.05) is 66.7 Å². The molecule has 0 aliphatic carbocycles. The number of hydrogen-bond donors (Lipinski definition) is 1. The van der Waals surface area contributed by atoms with E-state index < -0.39 is 7.29 Å². The quantitative estimate of drug-likeness (QED) is 0.360. The van der Waals surface area contributed by atoms with Crippen molar-refractivity contribution in [3.05, 3.63) is 121 Å². The van der Waals surface area contributed by atoms with Crippen LogP contribution in [0.4, 0.5) is 0 Å². The SMILES string of the molecule is CC[C@@H](NP(=O)(c1ccccc1)c1ccccc1)c1ccc(-c2ccccc2)cc1. The van der Waals surface area contributed by atoms with E-state index in [4.69, 9.17) is 0 Å². The van der Waals surface area contributed by atoms with E-state index in [0.717, 1.165) is 22.6 Å². The number of nitrogens with one attached hydrogen (secondary N) is 1. The minimum Gasteiger partial charge on any atom is -0.297 e. The van der Waals surface area contributed by atoms with Crippen molar-refractivity contribution in [2.24, 2.45) is 0 Å². The maximum Gasteiger partial charge on any atom is 0.205 e. The first-order valence-corrected chi connectivity index (χ1v) is 12.1. The van der Waals surface area contributed by atoms with Gasteiger partial charge in [0, 0.05) is 16.7 Å². The summed E-state index contributed by atoms with van der Waals surface area (Å²) in [4.78, 5) is 0. The largest absolute Gasteiger partial charge is 0.297 e. The molecule has 4 aromatic rings. The Balaban J connectivity index is 1.67. The Labute approximate surface area is 179 Å². The minimum absolute atomic E-state index is 0.0129. The molecule has 0 saturated heterocycles. The molecule has 4 rings (SSSR count). The van der Waals surface area contributed by atoms with E-state index in [1.165, 1.54) is 11.1 Å². The Morgan fingerprint density at radius 2 is 1.07 bits per heavy atom. The van der Waals surface area contributed by atoms with E-state index in [1.54, 1.807) is 0 Å². The van der Waals surface area contributed by atoms with Crippen LogP contribution >= 0.6 is 7.29 Å². The molecular weight excluding hydrogens is 385 g/mol. The predicted molar refractivity (Wildman–Crippen MR) is 128 cm³/mol. The van der Waals surface area contributed by atoms with Crippen molar-refractivity contribution in [2.75, 3.05) is 0 Å². The summed E-state index contributed by atoms with van der Waals surface area (Å²) in [5.41, 5.74) is 3.53. The normalized spacial score (nSPS) is 12.4. The minimum atomic E-state index is -2.98. The fourth-order valence-electron chi connectivity index (χ4n) is 3.73. The van der Waals surface area contributed by atoms with E-state index in [-0.39, 0.29) is 6.04 Å². The van der Waals surface area contributed by atoms with Gasteiger partial charge in [0.05, 0.1) is 0 Å². The Kier molecular flexibility index (Phi) is 6.28. The van der Waals surface area contributed by atoms with Crippen LogP contribution < -0.4 is 15.7 Å². The third-order valence-corrected chi connectivity index (χ3v) is 8.13. The zero-order chi connectivity index (χ0) is 20.8. The highest BCUT2D eigenvalue weighted by atomic mass is 31.2. The van der Waals surface area contributed by atoms with Gasteiger partial charge in [-0.1, -0.05) is 97.9 Å². The van der Waals surface area contributed by atoms with Gasteiger partial charge in [0.1, 0.15) is 0 Å². The van der Waals surface area contributed by atoms with Gasteiger partial charge in [-0.2, -0.15) is 0 Å². The zero-order valence-corrected chi connectivity index (χ0v) is 18.0. The molecule has 1 atom stereocenters. The lowest BCUT2D eigenvalue weighted by molar-refractivity contribution is 0.555. The number of benzene rings is 4. The first-order chi connectivity index (χ1) is 14.7. The lowest BCUT2D eigenvalue weighted by Crippen LogP contribution is -2.30. The standard InChI is InChI=1S/C27H26NOP/c1-2-27(24-20-18-23(19-21-24)22-12-6-3-7-13-22)28-30(29,25-14-8-4-9-15-25)26-16-10-5-11-17-26/h3-21,27H,2H2,1H3,(H,28,29)/t27-/m1/s1. The molecule has 2 nitrogen and oxygen atoms in total. The van der Waals surface area contributed by atoms with Crippen LogP contribution in [0.15, 0.2) is 115 Å². The predicted octanol–water partition coefficient (Wildman–Crippen LogP) is 6.32. The summed E-state index contributed by atoms with van der Waals surface area (Å²) in [6.07, 6.45) is 0.842. The van der Waals surface area contributed by atoms with Crippen LogP contribution in [0.1, 0.15) is 24.9 Å². The second kappa shape index (κ2) is 9.26. The van der Waals surface area contributed by atoms with E-state index in [2.05, 4.69) is 60.5 Å². The molecule has 0 saturated carbocycles. The van der Waals surface area contributed by atoms with Gasteiger partial charge in [-0.25, -0.2) is 0 Å². The third-order valence-electron chi connectivity index (χ3n) is 5.41. The van der Waals surface area contributed by atoms with Gasteiger partial charge >= 0.3 is 0 Å². The highest BCUT2D eigenvalue weighted by Crippen LogP contribution is 2.42. The Bertz CT molecular complexity index is 1070. The van der Waals surface area contributed by atoms with E-state index in [0.29, 0.717) is 0 Å². The lowest BCUT2D eigenvalue weighted by Gasteiger charge is -2.27. The van der Waals surface area contributed by atoms with Gasteiger partial charge < -0.3 is 0 Å². The molecule has 0 heterocycles. The summed E-state index contributed by atoms with van der Waals surface area (Å²) < 4.78 is 14.3. The molecule has 150 valence electrons. The molecule has 1 N–H and O–H groups in total. The molecule has 0 bridgehead atoms. The molecule has 4 aromatic carbocycles. The zero-order valence-electron chi connectivity index (χ0n) is 17.1. The average molecular weight is 411 g/mol. The van der Waals surface area contributed by atoms with E-state index >= 15 is 0 Å². The molecular formula is C27H26NOP. The third kappa shape index (κ3) is 4.31. The monoisotopic (exact) mass is 411 g/mol. The van der Waals surface area contributed by atoms with Gasteiger partial charge in [-0.15, -0.1) is 0 Å². The first-order valence-electron chi connectivity index (χ1n) is 10.3. The van der Waals surface area contributed by atoms with Crippen molar-refractivity contribution in [2.45, 2.75) is 19.4 Å². The highest BCUT2D eigenvalue weighted by Gasteiger charge is 2.30. The summed E-state index contributed by atoms with van der Waals surface area (Å²) >= 11 is 0. The van der Waals surface area contributed by atoms with Crippen LogP contribution in [-0.2, 0) is 4.57 Å². The second-order valence-electron chi connectivity index (χ2n) is 7.36. The van der Waals surface area contributed by atoms with E-state index in [9.17, 15) is 4.57 Å². The second-order valence-corrected chi connectivity index (χ2v) is 9.87. The van der Waals surface area contributed by atoms with Crippen molar-refractivity contribution >= 4 is 17.9 Å². The molecule has 0 spiro atoms. The van der Waals surface area contributed by atoms with Crippen molar-refractivity contribution in [3.8, 4) is 11.1 Å². The van der Waals surface area contributed by atoms with Gasteiger partial charge in [0.15, 0.2) is 0 Å². The van der Waals surface area contributed by atoms with Crippen LogP contribution in [-0.4, -0.2) is 0 Å².